The first kappa shape index (κ1) is 11.0. The van der Waals surface area contributed by atoms with E-state index in [2.05, 4.69) is 46.6 Å². The van der Waals surface area contributed by atoms with Crippen LogP contribution in [0.25, 0.3) is 16.9 Å². The Balaban J connectivity index is 2.18. The van der Waals surface area contributed by atoms with Crippen molar-refractivity contribution in [1.29, 1.82) is 0 Å². The van der Waals surface area contributed by atoms with Gasteiger partial charge in [0, 0.05) is 18.3 Å². The first-order chi connectivity index (χ1) is 8.78. The van der Waals surface area contributed by atoms with Gasteiger partial charge in [0.2, 0.25) is 0 Å². The molecule has 0 aliphatic carbocycles. The van der Waals surface area contributed by atoms with Gasteiger partial charge in [0.25, 0.3) is 0 Å². The first-order valence-corrected chi connectivity index (χ1v) is 6.01. The Morgan fingerprint density at radius 3 is 2.89 bits per heavy atom. The number of pyridine rings is 1. The lowest BCUT2D eigenvalue weighted by Crippen LogP contribution is -1.97. The van der Waals surface area contributed by atoms with Crippen molar-refractivity contribution in [2.45, 2.75) is 13.5 Å². The zero-order valence-electron chi connectivity index (χ0n) is 10.3. The summed E-state index contributed by atoms with van der Waals surface area (Å²) in [6, 6.07) is 12.5. The molecule has 0 saturated carbocycles. The molecule has 2 aromatic heterocycles. The molecule has 2 N–H and O–H groups in total. The molecule has 18 heavy (non-hydrogen) atoms. The maximum Gasteiger partial charge on any atom is 0.144 e. The Kier molecular flexibility index (Phi) is 2.61. The fourth-order valence-corrected chi connectivity index (χ4v) is 2.17. The Bertz CT molecular complexity index is 698. The number of hydrogen-bond acceptors (Lipinski definition) is 2. The van der Waals surface area contributed by atoms with Crippen LogP contribution in [0, 0.1) is 6.92 Å². The SMILES string of the molecule is Cc1cccc(-c2ncc3cc(CN)ccn23)c1. The minimum atomic E-state index is 0.557. The van der Waals surface area contributed by atoms with Crippen molar-refractivity contribution in [2.75, 3.05) is 0 Å². The number of imidazole rings is 1. The second-order valence-electron chi connectivity index (χ2n) is 4.49. The molecule has 90 valence electrons. The van der Waals surface area contributed by atoms with Crippen molar-refractivity contribution in [3.8, 4) is 11.4 Å². The summed E-state index contributed by atoms with van der Waals surface area (Å²) in [5.41, 5.74) is 10.2. The summed E-state index contributed by atoms with van der Waals surface area (Å²) in [6.45, 7) is 2.65. The third kappa shape index (κ3) is 1.79. The van der Waals surface area contributed by atoms with E-state index in [0.717, 1.165) is 22.5 Å². The predicted molar refractivity (Wildman–Crippen MR) is 73.3 cm³/mol. The zero-order valence-corrected chi connectivity index (χ0v) is 10.3. The third-order valence-corrected chi connectivity index (χ3v) is 3.11. The van der Waals surface area contributed by atoms with Crippen LogP contribution in [0.1, 0.15) is 11.1 Å². The minimum absolute atomic E-state index is 0.557. The number of fused-ring (bicyclic) bond motifs is 1. The second kappa shape index (κ2) is 4.27. The zero-order chi connectivity index (χ0) is 12.5. The normalized spacial score (nSPS) is 11.0. The number of benzene rings is 1. The molecule has 3 rings (SSSR count). The first-order valence-electron chi connectivity index (χ1n) is 6.01. The number of aryl methyl sites for hydroxylation is 1. The summed E-state index contributed by atoms with van der Waals surface area (Å²) < 4.78 is 2.09. The Morgan fingerprint density at radius 1 is 1.22 bits per heavy atom. The molecule has 0 bridgehead atoms. The van der Waals surface area contributed by atoms with Crippen molar-refractivity contribution in [3.05, 3.63) is 59.9 Å². The fraction of sp³-hybridized carbons (Fsp3) is 0.133. The lowest BCUT2D eigenvalue weighted by atomic mass is 10.1. The summed E-state index contributed by atoms with van der Waals surface area (Å²) >= 11 is 0. The lowest BCUT2D eigenvalue weighted by Gasteiger charge is -2.04. The van der Waals surface area contributed by atoms with E-state index in [9.17, 15) is 0 Å². The highest BCUT2D eigenvalue weighted by Gasteiger charge is 2.06. The van der Waals surface area contributed by atoms with Gasteiger partial charge >= 0.3 is 0 Å². The average Bonchev–Trinajstić information content (AvgIpc) is 2.81. The number of rotatable bonds is 2. The van der Waals surface area contributed by atoms with Gasteiger partial charge in [-0.25, -0.2) is 4.98 Å². The van der Waals surface area contributed by atoms with Crippen LogP contribution in [0.3, 0.4) is 0 Å². The van der Waals surface area contributed by atoms with Crippen LogP contribution in [-0.4, -0.2) is 9.38 Å². The molecule has 0 fully saturated rings. The Hall–Kier alpha value is -2.13. The van der Waals surface area contributed by atoms with Crippen LogP contribution < -0.4 is 5.73 Å². The second-order valence-corrected chi connectivity index (χ2v) is 4.49. The molecule has 3 heteroatoms. The van der Waals surface area contributed by atoms with Crippen molar-refractivity contribution < 1.29 is 0 Å². The molecule has 0 atom stereocenters. The van der Waals surface area contributed by atoms with Gasteiger partial charge in [0.15, 0.2) is 0 Å². The number of nitrogens with two attached hydrogens (primary N) is 1. The van der Waals surface area contributed by atoms with Gasteiger partial charge in [-0.1, -0.05) is 23.8 Å². The van der Waals surface area contributed by atoms with Gasteiger partial charge < -0.3 is 5.73 Å². The molecule has 0 amide bonds. The maximum absolute atomic E-state index is 5.65. The monoisotopic (exact) mass is 237 g/mol. The van der Waals surface area contributed by atoms with E-state index in [4.69, 9.17) is 5.73 Å². The van der Waals surface area contributed by atoms with Crippen molar-refractivity contribution in [1.82, 2.24) is 9.38 Å². The van der Waals surface area contributed by atoms with Crippen LogP contribution in [0.5, 0.6) is 0 Å². The largest absolute Gasteiger partial charge is 0.326 e. The van der Waals surface area contributed by atoms with Gasteiger partial charge in [-0.3, -0.25) is 4.40 Å². The van der Waals surface area contributed by atoms with Gasteiger partial charge in [-0.2, -0.15) is 0 Å². The predicted octanol–water partition coefficient (Wildman–Crippen LogP) is 2.77. The summed E-state index contributed by atoms with van der Waals surface area (Å²) in [5.74, 6) is 0.970. The molecule has 0 aliphatic rings. The van der Waals surface area contributed by atoms with Crippen LogP contribution in [0.15, 0.2) is 48.8 Å². The van der Waals surface area contributed by atoms with Crippen LogP contribution in [-0.2, 0) is 6.54 Å². The van der Waals surface area contributed by atoms with E-state index in [1.54, 1.807) is 0 Å². The van der Waals surface area contributed by atoms with E-state index in [1.807, 2.05) is 18.5 Å². The van der Waals surface area contributed by atoms with Gasteiger partial charge in [-0.05, 0) is 30.7 Å². The van der Waals surface area contributed by atoms with Crippen molar-refractivity contribution >= 4 is 5.52 Å². The highest BCUT2D eigenvalue weighted by Crippen LogP contribution is 2.21. The molecule has 2 heterocycles. The molecule has 0 saturated heterocycles. The summed E-state index contributed by atoms with van der Waals surface area (Å²) in [6.07, 6.45) is 3.92. The smallest absolute Gasteiger partial charge is 0.144 e. The van der Waals surface area contributed by atoms with Crippen molar-refractivity contribution in [2.24, 2.45) is 5.73 Å². The lowest BCUT2D eigenvalue weighted by molar-refractivity contribution is 1.05. The quantitative estimate of drug-likeness (QED) is 0.744. The molecule has 1 aromatic carbocycles. The summed E-state index contributed by atoms with van der Waals surface area (Å²) in [7, 11) is 0. The molecule has 3 aromatic rings. The average molecular weight is 237 g/mol. The van der Waals surface area contributed by atoms with Gasteiger partial charge in [0.1, 0.15) is 5.82 Å². The maximum atomic E-state index is 5.65. The highest BCUT2D eigenvalue weighted by atomic mass is 15.0. The van der Waals surface area contributed by atoms with Crippen molar-refractivity contribution in [3.63, 3.8) is 0 Å². The number of aromatic nitrogens is 2. The topological polar surface area (TPSA) is 43.3 Å². The summed E-state index contributed by atoms with van der Waals surface area (Å²) in [5, 5.41) is 0. The van der Waals surface area contributed by atoms with Crippen LogP contribution in [0.4, 0.5) is 0 Å². The van der Waals surface area contributed by atoms with E-state index in [-0.39, 0.29) is 0 Å². The molecule has 0 unspecified atom stereocenters. The Labute approximate surface area is 106 Å². The number of nitrogens with zero attached hydrogens (tertiary/aromatic N) is 2. The number of hydrogen-bond donors (Lipinski definition) is 1. The Morgan fingerprint density at radius 2 is 2.11 bits per heavy atom. The third-order valence-electron chi connectivity index (χ3n) is 3.11. The molecule has 3 nitrogen and oxygen atoms in total. The fourth-order valence-electron chi connectivity index (χ4n) is 2.17. The summed E-state index contributed by atoms with van der Waals surface area (Å²) in [4.78, 5) is 4.50. The molecular formula is C15H15N3. The highest BCUT2D eigenvalue weighted by molar-refractivity contribution is 5.63. The van der Waals surface area contributed by atoms with E-state index in [0.29, 0.717) is 6.54 Å². The minimum Gasteiger partial charge on any atom is -0.326 e. The molecule has 0 aliphatic heterocycles. The van der Waals surface area contributed by atoms with Gasteiger partial charge in [0.05, 0.1) is 11.7 Å². The molecule has 0 radical (unpaired) electrons. The van der Waals surface area contributed by atoms with E-state index < -0.39 is 0 Å². The van der Waals surface area contributed by atoms with Crippen LogP contribution >= 0.6 is 0 Å². The van der Waals surface area contributed by atoms with Crippen LogP contribution in [0.2, 0.25) is 0 Å². The van der Waals surface area contributed by atoms with Gasteiger partial charge in [-0.15, -0.1) is 0 Å². The van der Waals surface area contributed by atoms with E-state index >= 15 is 0 Å². The molecule has 0 spiro atoms. The molecular weight excluding hydrogens is 222 g/mol. The van der Waals surface area contributed by atoms with E-state index in [1.165, 1.54) is 5.56 Å². The standard InChI is InChI=1S/C15H15N3/c1-11-3-2-4-13(7-11)15-17-10-14-8-12(9-16)5-6-18(14)15/h2-8,10H,9,16H2,1H3.